The number of carbonyl (C=O) groups is 5. The van der Waals surface area contributed by atoms with Crippen molar-refractivity contribution in [1.29, 1.82) is 0 Å². The number of aromatic nitrogens is 2. The number of rotatable bonds is 9. The van der Waals surface area contributed by atoms with Crippen LogP contribution in [-0.4, -0.2) is 162 Å². The summed E-state index contributed by atoms with van der Waals surface area (Å²) in [5.41, 5.74) is 5.45. The number of esters is 1. The van der Waals surface area contributed by atoms with Crippen molar-refractivity contribution < 1.29 is 42.6 Å². The number of hydrogen-bond acceptors (Lipinski definition) is 13. The zero-order valence-corrected chi connectivity index (χ0v) is 46.2. The highest BCUT2D eigenvalue weighted by atomic mass is 32.1. The zero-order valence-electron chi connectivity index (χ0n) is 45.3. The summed E-state index contributed by atoms with van der Waals surface area (Å²) in [6.45, 7) is 17.4. The number of pyridine rings is 1. The number of aryl methyl sites for hydroxylation is 1. The second-order valence-electron chi connectivity index (χ2n) is 22.0. The van der Waals surface area contributed by atoms with E-state index in [-0.39, 0.29) is 51.2 Å². The Hall–Kier alpha value is -5.52. The Morgan fingerprint density at radius 1 is 1.07 bits per heavy atom. The molecule has 0 unspecified atom stereocenters. The molecule has 4 atom stereocenters. The van der Waals surface area contributed by atoms with Gasteiger partial charge in [-0.25, -0.2) is 9.82 Å². The third-order valence-corrected chi connectivity index (χ3v) is 15.5. The number of thiol groups is 1. The predicted octanol–water partition coefficient (Wildman–Crippen LogP) is 5.60. The molecule has 3 fully saturated rings. The quantitative estimate of drug-likeness (QED) is 0.0799. The van der Waals surface area contributed by atoms with Crippen LogP contribution in [0.2, 0.25) is 0 Å². The molecular weight excluding hydrogens is 966 g/mol. The van der Waals surface area contributed by atoms with Crippen LogP contribution in [0.1, 0.15) is 98.8 Å². The minimum absolute atomic E-state index is 0.0366. The van der Waals surface area contributed by atoms with Crippen molar-refractivity contribution in [3.05, 3.63) is 59.1 Å². The first-order chi connectivity index (χ1) is 34.8. The number of likely N-dealkylation sites (N-methyl/N-ethyl adjacent to an activating group) is 1. The Balaban J connectivity index is 1.20. The van der Waals surface area contributed by atoms with Crippen LogP contribution in [-0.2, 0) is 56.1 Å². The molecule has 6 heterocycles. The molecule has 2 aromatic heterocycles. The Morgan fingerprint density at radius 2 is 1.78 bits per heavy atom. The molecule has 0 spiro atoms. The van der Waals surface area contributed by atoms with Crippen molar-refractivity contribution >= 4 is 58.8 Å². The van der Waals surface area contributed by atoms with Crippen molar-refractivity contribution in [3.8, 4) is 23.1 Å². The fourth-order valence-corrected chi connectivity index (χ4v) is 10.5. The number of likely N-dealkylation sites (tertiary alicyclic amines) is 1. The standard InChI is InChI=1S/C55H76FN9O8S/c1-13-64-43-19-18-36-30-39(43)40(46(64)38-16-14-24-57-47(38)54(8,74)71-12)32-52(4,5)34-73-50(69)41-17-15-25-65(59-41)49(68)42(31-37-33-63(36)28-29-72-37)58-48(67)45(35(2)3)61(11)51(70)55(56)22-26-62(27-23-55)44(66)20-21-53(6,7)60(9)10/h14,16,18-19,24,30,37,41-42,59,74H,13,15,17,22-23,25-29,31-34H2,1-12H3,(H,58,67)/t37-,41-,42-,54+/m0/s1. The Bertz CT molecular complexity index is 2730. The van der Waals surface area contributed by atoms with Crippen LogP contribution in [0.5, 0.6) is 0 Å². The highest BCUT2D eigenvalue weighted by molar-refractivity contribution is 7.81. The van der Waals surface area contributed by atoms with E-state index in [0.29, 0.717) is 56.8 Å². The van der Waals surface area contributed by atoms with E-state index in [1.54, 1.807) is 27.2 Å². The van der Waals surface area contributed by atoms with Crippen LogP contribution < -0.4 is 15.6 Å². The summed E-state index contributed by atoms with van der Waals surface area (Å²) in [7, 11) is 6.68. The first kappa shape index (κ1) is 56.2. The van der Waals surface area contributed by atoms with Gasteiger partial charge in [0.25, 0.3) is 23.6 Å². The van der Waals surface area contributed by atoms with E-state index in [9.17, 15) is 24.0 Å². The first-order valence-corrected chi connectivity index (χ1v) is 26.2. The first-order valence-electron chi connectivity index (χ1n) is 25.8. The maximum Gasteiger partial charge on any atom is 0.324 e. The molecule has 4 aliphatic heterocycles. The number of carbonyl (C=O) groups excluding carboxylic acids is 5. The van der Waals surface area contributed by atoms with Gasteiger partial charge in [-0.1, -0.05) is 19.8 Å². The maximum atomic E-state index is 16.8. The number of ether oxygens (including phenoxy) is 3. The van der Waals surface area contributed by atoms with E-state index in [2.05, 4.69) is 71.0 Å². The number of fused-ring (bicyclic) bond motifs is 6. The smallest absolute Gasteiger partial charge is 0.324 e. The van der Waals surface area contributed by atoms with E-state index in [4.69, 9.17) is 31.8 Å². The monoisotopic (exact) mass is 1040 g/mol. The van der Waals surface area contributed by atoms with Crippen molar-refractivity contribution in [2.24, 2.45) is 5.41 Å². The molecule has 3 aromatic rings. The number of halogens is 1. The maximum absolute atomic E-state index is 16.8. The van der Waals surface area contributed by atoms with Crippen LogP contribution in [0, 0.1) is 17.3 Å². The number of morpholine rings is 1. The van der Waals surface area contributed by atoms with Gasteiger partial charge in [-0.3, -0.25) is 38.9 Å². The molecule has 7 rings (SSSR count). The number of benzene rings is 1. The number of alkyl halides is 1. The van der Waals surface area contributed by atoms with Gasteiger partial charge >= 0.3 is 5.97 Å². The Morgan fingerprint density at radius 3 is 2.45 bits per heavy atom. The van der Waals surface area contributed by atoms with Crippen LogP contribution in [0.15, 0.2) is 47.8 Å². The summed E-state index contributed by atoms with van der Waals surface area (Å²) >= 11 is 4.91. The fourth-order valence-electron chi connectivity index (χ4n) is 10.3. The van der Waals surface area contributed by atoms with Gasteiger partial charge in [-0.2, -0.15) is 0 Å². The molecule has 17 nitrogen and oxygen atoms in total. The lowest BCUT2D eigenvalue weighted by Gasteiger charge is -2.39. The number of methoxy groups -OCH3 is 1. The van der Waals surface area contributed by atoms with Gasteiger partial charge in [-0.05, 0) is 122 Å². The summed E-state index contributed by atoms with van der Waals surface area (Å²) in [4.78, 5) is 81.0. The number of allylic oxidation sites excluding steroid dienone is 1. The lowest BCUT2D eigenvalue weighted by molar-refractivity contribution is -0.155. The third-order valence-electron chi connectivity index (χ3n) is 15.1. The summed E-state index contributed by atoms with van der Waals surface area (Å²) in [5, 5.41) is 5.31. The zero-order chi connectivity index (χ0) is 54.1. The van der Waals surface area contributed by atoms with E-state index < -0.39 is 69.3 Å². The Labute approximate surface area is 441 Å². The topological polar surface area (TPSA) is 171 Å². The molecule has 19 heteroatoms. The predicted molar refractivity (Wildman–Crippen MR) is 285 cm³/mol. The molecule has 402 valence electrons. The average Bonchev–Trinajstić information content (AvgIpc) is 3.67. The van der Waals surface area contributed by atoms with E-state index >= 15 is 4.39 Å². The van der Waals surface area contributed by atoms with Crippen LogP contribution >= 0.6 is 12.6 Å². The van der Waals surface area contributed by atoms with Gasteiger partial charge in [0.15, 0.2) is 10.6 Å². The molecule has 0 aliphatic carbocycles. The van der Waals surface area contributed by atoms with Crippen LogP contribution in [0.3, 0.4) is 0 Å². The molecule has 74 heavy (non-hydrogen) atoms. The number of hydrogen-bond donors (Lipinski definition) is 3. The van der Waals surface area contributed by atoms with Crippen molar-refractivity contribution in [2.75, 3.05) is 79.1 Å². The summed E-state index contributed by atoms with van der Waals surface area (Å²) in [6, 6.07) is 8.32. The molecule has 6 bridgehead atoms. The number of amides is 4. The van der Waals surface area contributed by atoms with Crippen molar-refractivity contribution in [2.45, 2.75) is 135 Å². The highest BCUT2D eigenvalue weighted by Gasteiger charge is 2.46. The SMILES string of the molecule is CCn1c(-c2cccnc2[C@@](C)(S)OC)c2c3cc(ccc31)N1CCO[C@@H](C[C@H](NC(=O)C(=C(C)C)N(C)C(=O)C3(F)CCN(C(=O)C#CC(C)(C)N(C)C)CC3)C(=O)N3CCC[C@H](N3)C(=O)OCC(C)(C)C2)C1. The van der Waals surface area contributed by atoms with Gasteiger partial charge in [0, 0.05) is 106 Å². The summed E-state index contributed by atoms with van der Waals surface area (Å²) < 4.78 is 37.4. The number of nitrogens with zero attached hydrogens (tertiary/aromatic N) is 7. The normalized spacial score (nSPS) is 22.2. The van der Waals surface area contributed by atoms with Crippen LogP contribution in [0.25, 0.3) is 22.2 Å². The fraction of sp³-hybridized carbons (Fsp3) is 0.600. The molecule has 2 N–H and O–H groups in total. The van der Waals surface area contributed by atoms with E-state index in [1.165, 1.54) is 17.0 Å². The van der Waals surface area contributed by atoms with Gasteiger partial charge in [0.2, 0.25) is 0 Å². The van der Waals surface area contributed by atoms with E-state index in [1.807, 2.05) is 51.9 Å². The van der Waals surface area contributed by atoms with Gasteiger partial charge in [0.05, 0.1) is 36.2 Å². The Kier molecular flexibility index (Phi) is 17.0. The number of nitrogens with one attached hydrogen (secondary N) is 2. The lowest BCUT2D eigenvalue weighted by atomic mass is 9.84. The number of hydrazine groups is 1. The number of anilines is 1. The lowest BCUT2D eigenvalue weighted by Crippen LogP contribution is -2.61. The average molecular weight is 1040 g/mol. The van der Waals surface area contributed by atoms with Gasteiger partial charge < -0.3 is 38.8 Å². The summed E-state index contributed by atoms with van der Waals surface area (Å²) in [6.07, 6.45) is 2.09. The van der Waals surface area contributed by atoms with Gasteiger partial charge in [-0.15, -0.1) is 12.6 Å². The van der Waals surface area contributed by atoms with Crippen LogP contribution in [0.4, 0.5) is 10.1 Å². The summed E-state index contributed by atoms with van der Waals surface area (Å²) in [5.74, 6) is 2.50. The molecular formula is C55H76FN9O8S. The number of piperidine rings is 1. The van der Waals surface area contributed by atoms with E-state index in [0.717, 1.165) is 38.3 Å². The molecule has 0 saturated carbocycles. The molecule has 1 aromatic carbocycles. The second kappa shape index (κ2) is 22.4. The van der Waals surface area contributed by atoms with Crippen molar-refractivity contribution in [1.82, 2.24) is 40.0 Å². The minimum Gasteiger partial charge on any atom is -0.464 e. The highest BCUT2D eigenvalue weighted by Crippen LogP contribution is 2.44. The molecule has 4 amide bonds. The minimum atomic E-state index is -2.38. The molecule has 0 radical (unpaired) electrons. The second-order valence-corrected chi connectivity index (χ2v) is 22.8. The number of cyclic esters (lactones) is 1. The van der Waals surface area contributed by atoms with Crippen molar-refractivity contribution in [3.63, 3.8) is 0 Å². The third kappa shape index (κ3) is 11.9. The molecule has 4 aliphatic rings. The molecule has 3 saturated heterocycles. The van der Waals surface area contributed by atoms with Gasteiger partial charge in [0.1, 0.15) is 17.8 Å². The largest absolute Gasteiger partial charge is 0.464 e.